The molecule has 0 bridgehead atoms. The van der Waals surface area contributed by atoms with E-state index in [0.717, 1.165) is 6.26 Å². The van der Waals surface area contributed by atoms with E-state index < -0.39 is 16.1 Å². The van der Waals surface area contributed by atoms with Crippen molar-refractivity contribution in [1.29, 1.82) is 0 Å². The molecule has 92 valence electrons. The minimum absolute atomic E-state index is 0.257. The molecule has 2 fully saturated rings. The van der Waals surface area contributed by atoms with Crippen LogP contribution in [0.1, 0.15) is 0 Å². The van der Waals surface area contributed by atoms with Crippen molar-refractivity contribution in [3.05, 3.63) is 0 Å². The van der Waals surface area contributed by atoms with Gasteiger partial charge in [0.05, 0.1) is 19.5 Å². The molecule has 0 aliphatic carbocycles. The van der Waals surface area contributed by atoms with E-state index in [-0.39, 0.29) is 5.91 Å². The first-order valence-electron chi connectivity index (χ1n) is 5.14. The van der Waals surface area contributed by atoms with Crippen LogP contribution in [0.4, 0.5) is 0 Å². The molecule has 0 aromatic rings. The summed E-state index contributed by atoms with van der Waals surface area (Å²) in [5, 5.41) is 0. The minimum Gasteiger partial charge on any atom is -0.370 e. The highest BCUT2D eigenvalue weighted by Gasteiger charge is 2.46. The zero-order valence-corrected chi connectivity index (χ0v) is 9.92. The highest BCUT2D eigenvalue weighted by Crippen LogP contribution is 2.15. The van der Waals surface area contributed by atoms with Crippen molar-refractivity contribution >= 4 is 15.9 Å². The Labute approximate surface area is 94.4 Å². The number of sulfonamides is 1. The number of amides is 1. The summed E-state index contributed by atoms with van der Waals surface area (Å²) in [6.45, 7) is 3.01. The Kier molecular flexibility index (Phi) is 2.91. The highest BCUT2D eigenvalue weighted by atomic mass is 32.2. The number of carbonyl (C=O) groups excluding carboxylic acids is 1. The third-order valence-electron chi connectivity index (χ3n) is 2.88. The van der Waals surface area contributed by atoms with Crippen LogP contribution >= 0.6 is 0 Å². The third-order valence-corrected chi connectivity index (χ3v) is 3.59. The first kappa shape index (κ1) is 11.8. The van der Waals surface area contributed by atoms with Crippen molar-refractivity contribution in [2.75, 3.05) is 39.1 Å². The molecule has 8 heteroatoms. The van der Waals surface area contributed by atoms with E-state index in [2.05, 4.69) is 10.1 Å². The molecular weight excluding hydrogens is 234 g/mol. The Hall–Kier alpha value is -0.700. The highest BCUT2D eigenvalue weighted by molar-refractivity contribution is 7.88. The minimum atomic E-state index is -3.35. The SMILES string of the molecule is CS(=O)(=O)NC1C[N+]2(CCOCC2)NC1=O. The lowest BCUT2D eigenvalue weighted by Gasteiger charge is -2.35. The van der Waals surface area contributed by atoms with Crippen LogP contribution in [-0.2, 0) is 19.6 Å². The third kappa shape index (κ3) is 2.51. The molecule has 7 nitrogen and oxygen atoms in total. The van der Waals surface area contributed by atoms with Crippen molar-refractivity contribution in [3.8, 4) is 0 Å². The molecule has 0 aromatic heterocycles. The van der Waals surface area contributed by atoms with Gasteiger partial charge in [0.25, 0.3) is 5.91 Å². The van der Waals surface area contributed by atoms with Gasteiger partial charge in [0.1, 0.15) is 19.6 Å². The summed E-state index contributed by atoms with van der Waals surface area (Å²) in [6.07, 6.45) is 1.06. The van der Waals surface area contributed by atoms with Gasteiger partial charge in [0.15, 0.2) is 6.04 Å². The summed E-state index contributed by atoms with van der Waals surface area (Å²) >= 11 is 0. The summed E-state index contributed by atoms with van der Waals surface area (Å²) < 4.78 is 30.2. The van der Waals surface area contributed by atoms with E-state index in [1.54, 1.807) is 0 Å². The second-order valence-corrected chi connectivity index (χ2v) is 6.09. The van der Waals surface area contributed by atoms with E-state index in [4.69, 9.17) is 4.74 Å². The van der Waals surface area contributed by atoms with E-state index >= 15 is 0 Å². The molecule has 2 aliphatic heterocycles. The smallest absolute Gasteiger partial charge is 0.289 e. The molecule has 2 heterocycles. The molecule has 1 spiro atoms. The average molecular weight is 250 g/mol. The number of rotatable bonds is 2. The van der Waals surface area contributed by atoms with Gasteiger partial charge in [-0.3, -0.25) is 4.79 Å². The van der Waals surface area contributed by atoms with Gasteiger partial charge in [-0.05, 0) is 0 Å². The largest absolute Gasteiger partial charge is 0.370 e. The maximum atomic E-state index is 11.6. The Bertz CT molecular complexity index is 388. The Morgan fingerprint density at radius 1 is 1.44 bits per heavy atom. The molecule has 0 aromatic carbocycles. The molecule has 2 saturated heterocycles. The van der Waals surface area contributed by atoms with Crippen LogP contribution in [0.5, 0.6) is 0 Å². The van der Waals surface area contributed by atoms with E-state index in [1.165, 1.54) is 0 Å². The summed E-state index contributed by atoms with van der Waals surface area (Å²) in [7, 11) is -3.35. The molecule has 2 aliphatic rings. The molecule has 0 saturated carbocycles. The van der Waals surface area contributed by atoms with Crippen LogP contribution in [0.2, 0.25) is 0 Å². The summed E-state index contributed by atoms with van der Waals surface area (Å²) in [5.74, 6) is -0.257. The fourth-order valence-electron chi connectivity index (χ4n) is 2.13. The van der Waals surface area contributed by atoms with E-state index in [1.807, 2.05) is 0 Å². The van der Waals surface area contributed by atoms with E-state index in [9.17, 15) is 13.2 Å². The molecule has 1 atom stereocenters. The number of nitrogens with zero attached hydrogens (tertiary/aromatic N) is 1. The number of hydrogen-bond donors (Lipinski definition) is 2. The van der Waals surface area contributed by atoms with Crippen LogP contribution < -0.4 is 10.1 Å². The Morgan fingerprint density at radius 2 is 2.06 bits per heavy atom. The van der Waals surface area contributed by atoms with Crippen LogP contribution in [0.3, 0.4) is 0 Å². The van der Waals surface area contributed by atoms with Gasteiger partial charge in [-0.2, -0.15) is 4.72 Å². The predicted molar refractivity (Wildman–Crippen MR) is 55.6 cm³/mol. The van der Waals surface area contributed by atoms with Crippen LogP contribution in [0.15, 0.2) is 0 Å². The van der Waals surface area contributed by atoms with Crippen LogP contribution in [0.25, 0.3) is 0 Å². The first-order valence-corrected chi connectivity index (χ1v) is 7.03. The lowest BCUT2D eigenvalue weighted by atomic mass is 10.3. The standard InChI is InChI=1S/C8H15N3O4S/c1-16(13,14)10-7-6-11(9-8(7)12)2-4-15-5-3-11/h7,10H,2-6H2,1H3/p+1. The Morgan fingerprint density at radius 3 is 2.62 bits per heavy atom. The van der Waals surface area contributed by atoms with E-state index in [0.29, 0.717) is 37.4 Å². The number of nitrogens with one attached hydrogen (secondary N) is 2. The van der Waals surface area contributed by atoms with Gasteiger partial charge < -0.3 is 4.74 Å². The zero-order valence-electron chi connectivity index (χ0n) is 9.10. The molecule has 2 rings (SSSR count). The number of carbonyl (C=O) groups is 1. The normalized spacial score (nSPS) is 29.3. The topological polar surface area (TPSA) is 84.5 Å². The second-order valence-electron chi connectivity index (χ2n) is 4.31. The van der Waals surface area contributed by atoms with Gasteiger partial charge in [-0.15, -0.1) is 0 Å². The number of quaternary nitrogens is 1. The monoisotopic (exact) mass is 250 g/mol. The Balaban J connectivity index is 2.06. The van der Waals surface area contributed by atoms with Gasteiger partial charge in [0, 0.05) is 0 Å². The fourth-order valence-corrected chi connectivity index (χ4v) is 2.82. The van der Waals surface area contributed by atoms with Crippen LogP contribution in [0, 0.1) is 0 Å². The summed E-state index contributed by atoms with van der Waals surface area (Å²) in [5.41, 5.74) is 2.83. The average Bonchev–Trinajstić information content (AvgIpc) is 2.41. The van der Waals surface area contributed by atoms with Crippen molar-refractivity contribution in [2.24, 2.45) is 0 Å². The fraction of sp³-hybridized carbons (Fsp3) is 0.875. The summed E-state index contributed by atoms with van der Waals surface area (Å²) in [4.78, 5) is 11.6. The maximum absolute atomic E-state index is 11.6. The van der Waals surface area contributed by atoms with Gasteiger partial charge in [-0.25, -0.2) is 18.4 Å². The first-order chi connectivity index (χ1) is 7.40. The molecule has 16 heavy (non-hydrogen) atoms. The summed E-state index contributed by atoms with van der Waals surface area (Å²) in [6, 6.07) is -0.659. The molecule has 0 radical (unpaired) electrons. The molecule has 1 amide bonds. The van der Waals surface area contributed by atoms with Crippen molar-refractivity contribution in [1.82, 2.24) is 10.1 Å². The number of ether oxygens (including phenoxy) is 1. The predicted octanol–water partition coefficient (Wildman–Crippen LogP) is -2.20. The van der Waals surface area contributed by atoms with Gasteiger partial charge >= 0.3 is 0 Å². The lowest BCUT2D eigenvalue weighted by molar-refractivity contribution is -0.959. The number of morpholine rings is 1. The molecule has 2 N–H and O–H groups in total. The lowest BCUT2D eigenvalue weighted by Crippen LogP contribution is -2.60. The zero-order chi connectivity index (χ0) is 11.8. The van der Waals surface area contributed by atoms with Crippen molar-refractivity contribution in [3.63, 3.8) is 0 Å². The quantitative estimate of drug-likeness (QED) is 0.545. The maximum Gasteiger partial charge on any atom is 0.289 e. The second kappa shape index (κ2) is 3.95. The molecule has 1 unspecified atom stereocenters. The van der Waals surface area contributed by atoms with Crippen molar-refractivity contribution in [2.45, 2.75) is 6.04 Å². The molecular formula is C8H16N3O4S+. The van der Waals surface area contributed by atoms with Crippen LogP contribution in [-0.4, -0.2) is 64.1 Å². The van der Waals surface area contributed by atoms with Gasteiger partial charge in [-0.1, -0.05) is 0 Å². The van der Waals surface area contributed by atoms with Gasteiger partial charge in [0.2, 0.25) is 10.0 Å². The number of hydrogen-bond acceptors (Lipinski definition) is 4. The van der Waals surface area contributed by atoms with Crippen molar-refractivity contribution < 1.29 is 22.5 Å².